The molecule has 0 saturated heterocycles. The molecule has 0 radical (unpaired) electrons. The van der Waals surface area contributed by atoms with Crippen LogP contribution in [0.4, 0.5) is 13.2 Å². The zero-order valence-electron chi connectivity index (χ0n) is 17.0. The molecule has 0 unspecified atom stereocenters. The third kappa shape index (κ3) is 6.56. The van der Waals surface area contributed by atoms with Crippen LogP contribution in [0.25, 0.3) is 0 Å². The first kappa shape index (κ1) is 21.3. The van der Waals surface area contributed by atoms with E-state index in [1.807, 2.05) is 0 Å². The maximum Gasteiger partial charge on any atom is 0.573 e. The molecule has 2 aliphatic carbocycles. The lowest BCUT2D eigenvalue weighted by Crippen LogP contribution is -2.17. The van der Waals surface area contributed by atoms with Gasteiger partial charge in [-0.05, 0) is 60.8 Å². The number of ether oxygens (including phenoxy) is 1. The number of benzene rings is 1. The van der Waals surface area contributed by atoms with E-state index in [2.05, 4.69) is 17.7 Å². The normalized spacial score (nSPS) is 22.5. The van der Waals surface area contributed by atoms with Gasteiger partial charge in [-0.15, -0.1) is 13.2 Å². The van der Waals surface area contributed by atoms with Crippen LogP contribution in [0.15, 0.2) is 29.8 Å². The lowest BCUT2D eigenvalue weighted by Gasteiger charge is -2.29. The van der Waals surface area contributed by atoms with Gasteiger partial charge in [0.25, 0.3) is 0 Å². The molecule has 0 atom stereocenters. The molecular formula is C24H33F3O. The van der Waals surface area contributed by atoms with Crippen LogP contribution in [0, 0.1) is 11.8 Å². The molecule has 1 fully saturated rings. The smallest absolute Gasteiger partial charge is 0.406 e. The van der Waals surface area contributed by atoms with Crippen molar-refractivity contribution in [3.63, 3.8) is 0 Å². The quantitative estimate of drug-likeness (QED) is 0.323. The SMILES string of the molecule is CCCCCC1CCC(CCC2=CCc3cc(OC(F)(F)F)ccc3C2)CC1. The summed E-state index contributed by atoms with van der Waals surface area (Å²) >= 11 is 0. The van der Waals surface area contributed by atoms with Gasteiger partial charge in [0.05, 0.1) is 0 Å². The Hall–Kier alpha value is -1.45. The van der Waals surface area contributed by atoms with E-state index in [1.165, 1.54) is 75.5 Å². The second-order valence-corrected chi connectivity index (χ2v) is 8.64. The maximum atomic E-state index is 12.4. The molecule has 1 saturated carbocycles. The van der Waals surface area contributed by atoms with Crippen LogP contribution >= 0.6 is 0 Å². The molecule has 0 spiro atoms. The van der Waals surface area contributed by atoms with Crippen molar-refractivity contribution in [2.24, 2.45) is 11.8 Å². The van der Waals surface area contributed by atoms with Gasteiger partial charge in [-0.25, -0.2) is 0 Å². The summed E-state index contributed by atoms with van der Waals surface area (Å²) in [5, 5.41) is 0. The molecule has 156 valence electrons. The van der Waals surface area contributed by atoms with Crippen LogP contribution in [0.1, 0.15) is 82.3 Å². The molecule has 3 rings (SSSR count). The average Bonchev–Trinajstić information content (AvgIpc) is 2.66. The van der Waals surface area contributed by atoms with Gasteiger partial charge in [-0.1, -0.05) is 76.0 Å². The fourth-order valence-corrected chi connectivity index (χ4v) is 4.80. The molecule has 28 heavy (non-hydrogen) atoms. The summed E-state index contributed by atoms with van der Waals surface area (Å²) in [7, 11) is 0. The first-order valence-electron chi connectivity index (χ1n) is 11.0. The summed E-state index contributed by atoms with van der Waals surface area (Å²) < 4.78 is 41.2. The van der Waals surface area contributed by atoms with E-state index in [4.69, 9.17) is 0 Å². The number of unbranched alkanes of at least 4 members (excludes halogenated alkanes) is 2. The molecular weight excluding hydrogens is 361 g/mol. The van der Waals surface area contributed by atoms with Crippen molar-refractivity contribution in [3.8, 4) is 5.75 Å². The Morgan fingerprint density at radius 2 is 1.68 bits per heavy atom. The zero-order valence-corrected chi connectivity index (χ0v) is 17.0. The van der Waals surface area contributed by atoms with Crippen molar-refractivity contribution >= 4 is 0 Å². The van der Waals surface area contributed by atoms with Crippen LogP contribution in [0.2, 0.25) is 0 Å². The van der Waals surface area contributed by atoms with Gasteiger partial charge in [-0.2, -0.15) is 0 Å². The van der Waals surface area contributed by atoms with Crippen LogP contribution in [0.3, 0.4) is 0 Å². The fraction of sp³-hybridized carbons (Fsp3) is 0.667. The van der Waals surface area contributed by atoms with Gasteiger partial charge < -0.3 is 4.74 Å². The summed E-state index contributed by atoms with van der Waals surface area (Å²) in [6.45, 7) is 2.27. The van der Waals surface area contributed by atoms with E-state index in [-0.39, 0.29) is 5.75 Å². The lowest BCUT2D eigenvalue weighted by molar-refractivity contribution is -0.274. The summed E-state index contributed by atoms with van der Waals surface area (Å²) in [5.41, 5.74) is 3.55. The van der Waals surface area contributed by atoms with Crippen LogP contribution in [-0.2, 0) is 12.8 Å². The minimum atomic E-state index is -4.63. The van der Waals surface area contributed by atoms with E-state index in [0.29, 0.717) is 6.42 Å². The number of fused-ring (bicyclic) bond motifs is 1. The predicted octanol–water partition coefficient (Wildman–Crippen LogP) is 7.78. The largest absolute Gasteiger partial charge is 0.573 e. The van der Waals surface area contributed by atoms with E-state index in [9.17, 15) is 13.2 Å². The number of allylic oxidation sites excluding steroid dienone is 2. The Morgan fingerprint density at radius 1 is 0.964 bits per heavy atom. The molecule has 0 aromatic heterocycles. The van der Waals surface area contributed by atoms with Crippen LogP contribution < -0.4 is 4.74 Å². The number of alkyl halides is 3. The molecule has 1 nitrogen and oxygen atoms in total. The average molecular weight is 395 g/mol. The maximum absolute atomic E-state index is 12.4. The van der Waals surface area contributed by atoms with E-state index in [0.717, 1.165) is 35.8 Å². The first-order chi connectivity index (χ1) is 13.4. The highest BCUT2D eigenvalue weighted by Gasteiger charge is 2.31. The lowest BCUT2D eigenvalue weighted by atomic mass is 9.77. The molecule has 1 aromatic rings. The van der Waals surface area contributed by atoms with Crippen molar-refractivity contribution in [1.29, 1.82) is 0 Å². The van der Waals surface area contributed by atoms with Crippen molar-refractivity contribution in [2.45, 2.75) is 90.3 Å². The fourth-order valence-electron chi connectivity index (χ4n) is 4.80. The number of hydrogen-bond donors (Lipinski definition) is 0. The van der Waals surface area contributed by atoms with E-state index < -0.39 is 6.36 Å². The molecule has 0 heterocycles. The zero-order chi connectivity index (χ0) is 20.0. The van der Waals surface area contributed by atoms with Gasteiger partial charge in [0, 0.05) is 0 Å². The van der Waals surface area contributed by atoms with Gasteiger partial charge in [0.2, 0.25) is 0 Å². The van der Waals surface area contributed by atoms with Crippen molar-refractivity contribution in [1.82, 2.24) is 0 Å². The second kappa shape index (κ2) is 9.84. The molecule has 0 amide bonds. The van der Waals surface area contributed by atoms with Gasteiger partial charge in [-0.3, -0.25) is 0 Å². The van der Waals surface area contributed by atoms with E-state index >= 15 is 0 Å². The number of rotatable bonds is 8. The van der Waals surface area contributed by atoms with E-state index in [1.54, 1.807) is 6.07 Å². The monoisotopic (exact) mass is 394 g/mol. The number of halogens is 3. The topological polar surface area (TPSA) is 9.23 Å². The molecule has 0 N–H and O–H groups in total. The van der Waals surface area contributed by atoms with Gasteiger partial charge >= 0.3 is 6.36 Å². The molecule has 0 aliphatic heterocycles. The summed E-state index contributed by atoms with van der Waals surface area (Å²) in [6.07, 6.45) is 12.6. The third-order valence-corrected chi connectivity index (χ3v) is 6.50. The number of hydrogen-bond acceptors (Lipinski definition) is 1. The van der Waals surface area contributed by atoms with Crippen LogP contribution in [0.5, 0.6) is 5.75 Å². The van der Waals surface area contributed by atoms with Gasteiger partial charge in [0.1, 0.15) is 5.75 Å². The molecule has 1 aromatic carbocycles. The Bertz CT molecular complexity index is 654. The Labute approximate surface area is 167 Å². The highest BCUT2D eigenvalue weighted by atomic mass is 19.4. The van der Waals surface area contributed by atoms with Crippen molar-refractivity contribution in [2.75, 3.05) is 0 Å². The van der Waals surface area contributed by atoms with Crippen LogP contribution in [-0.4, -0.2) is 6.36 Å². The summed E-state index contributed by atoms with van der Waals surface area (Å²) in [4.78, 5) is 0. The minimum Gasteiger partial charge on any atom is -0.406 e. The standard InChI is InChI=1S/C24H33F3O/c1-2-3-4-5-18-6-8-19(9-7-18)10-11-20-12-13-22-17-23(28-24(25,26)27)15-14-21(22)16-20/h12,14-15,17-19H,2-11,13,16H2,1H3. The highest BCUT2D eigenvalue weighted by molar-refractivity contribution is 5.42. The molecule has 2 aliphatic rings. The summed E-state index contributed by atoms with van der Waals surface area (Å²) in [5.74, 6) is 1.70. The Morgan fingerprint density at radius 3 is 2.36 bits per heavy atom. The predicted molar refractivity (Wildman–Crippen MR) is 107 cm³/mol. The minimum absolute atomic E-state index is 0.112. The second-order valence-electron chi connectivity index (χ2n) is 8.64. The van der Waals surface area contributed by atoms with Crippen molar-refractivity contribution < 1.29 is 17.9 Å². The highest BCUT2D eigenvalue weighted by Crippen LogP contribution is 2.36. The Kier molecular flexibility index (Phi) is 7.48. The molecule has 0 bridgehead atoms. The third-order valence-electron chi connectivity index (χ3n) is 6.50. The Balaban J connectivity index is 1.42. The first-order valence-corrected chi connectivity index (χ1v) is 11.0. The van der Waals surface area contributed by atoms with Gasteiger partial charge in [0.15, 0.2) is 0 Å². The molecule has 4 heteroatoms. The van der Waals surface area contributed by atoms with Crippen molar-refractivity contribution in [3.05, 3.63) is 41.0 Å². The summed E-state index contributed by atoms with van der Waals surface area (Å²) in [6, 6.07) is 4.77.